The van der Waals surface area contributed by atoms with Gasteiger partial charge in [0, 0.05) is 25.6 Å². The van der Waals surface area contributed by atoms with E-state index < -0.39 is 0 Å². The van der Waals surface area contributed by atoms with Crippen LogP contribution in [0.1, 0.15) is 37.1 Å². The van der Waals surface area contributed by atoms with Crippen LogP contribution in [0, 0.1) is 0 Å². The zero-order chi connectivity index (χ0) is 9.97. The topological polar surface area (TPSA) is 61.3 Å². The summed E-state index contributed by atoms with van der Waals surface area (Å²) in [5.41, 5.74) is 6.60. The summed E-state index contributed by atoms with van der Waals surface area (Å²) in [5.74, 6) is 1.41. The van der Waals surface area contributed by atoms with Gasteiger partial charge in [-0.1, -0.05) is 6.92 Å². The third-order valence-corrected chi connectivity index (χ3v) is 2.67. The molecule has 1 fully saturated rings. The van der Waals surface area contributed by atoms with Crippen molar-refractivity contribution in [3.8, 4) is 0 Å². The van der Waals surface area contributed by atoms with Crippen LogP contribution in [-0.4, -0.2) is 18.2 Å². The summed E-state index contributed by atoms with van der Waals surface area (Å²) in [4.78, 5) is 4.26. The van der Waals surface area contributed by atoms with E-state index in [1.807, 2.05) is 0 Å². The molecule has 4 heteroatoms. The molecule has 2 N–H and O–H groups in total. The first-order chi connectivity index (χ1) is 6.81. The Morgan fingerprint density at radius 2 is 2.14 bits per heavy atom. The van der Waals surface area contributed by atoms with Crippen LogP contribution < -0.4 is 5.73 Å². The van der Waals surface area contributed by atoms with Gasteiger partial charge in [0.2, 0.25) is 0 Å². The minimum Gasteiger partial charge on any atom is -0.429 e. The van der Waals surface area contributed by atoms with E-state index in [9.17, 15) is 0 Å². The highest BCUT2D eigenvalue weighted by Crippen LogP contribution is 2.30. The van der Waals surface area contributed by atoms with E-state index in [4.69, 9.17) is 14.9 Å². The van der Waals surface area contributed by atoms with Gasteiger partial charge >= 0.3 is 0 Å². The van der Waals surface area contributed by atoms with Crippen LogP contribution >= 0.6 is 0 Å². The van der Waals surface area contributed by atoms with Gasteiger partial charge in [0.05, 0.1) is 5.69 Å². The van der Waals surface area contributed by atoms with E-state index in [1.165, 1.54) is 0 Å². The molecule has 0 aliphatic carbocycles. The van der Waals surface area contributed by atoms with Gasteiger partial charge in [-0.15, -0.1) is 0 Å². The predicted molar refractivity (Wildman–Crippen MR) is 53.1 cm³/mol. The van der Waals surface area contributed by atoms with Gasteiger partial charge in [-0.05, 0) is 12.8 Å². The van der Waals surface area contributed by atoms with Crippen LogP contribution in [0.3, 0.4) is 0 Å². The molecule has 1 aromatic heterocycles. The fraction of sp³-hybridized carbons (Fsp3) is 0.700. The molecule has 1 aliphatic heterocycles. The minimum absolute atomic E-state index is 0.295. The van der Waals surface area contributed by atoms with Crippen LogP contribution in [-0.2, 0) is 11.2 Å². The van der Waals surface area contributed by atoms with Crippen LogP contribution in [0.15, 0.2) is 4.42 Å². The number of hydrogen-bond acceptors (Lipinski definition) is 4. The second kappa shape index (κ2) is 4.00. The van der Waals surface area contributed by atoms with E-state index >= 15 is 0 Å². The summed E-state index contributed by atoms with van der Waals surface area (Å²) in [6, 6.07) is 0.295. The number of aryl methyl sites for hydroxylation is 1. The smallest absolute Gasteiger partial charge is 0.292 e. The molecule has 0 unspecified atom stereocenters. The summed E-state index contributed by atoms with van der Waals surface area (Å²) in [7, 11) is 0. The molecule has 1 saturated heterocycles. The van der Waals surface area contributed by atoms with Crippen LogP contribution in [0.2, 0.25) is 0 Å². The van der Waals surface area contributed by atoms with Crippen molar-refractivity contribution in [2.45, 2.75) is 32.1 Å². The lowest BCUT2D eigenvalue weighted by Gasteiger charge is -2.20. The zero-order valence-electron chi connectivity index (χ0n) is 8.45. The Kier molecular flexibility index (Phi) is 2.72. The maximum Gasteiger partial charge on any atom is 0.292 e. The number of anilines is 1. The highest BCUT2D eigenvalue weighted by molar-refractivity contribution is 5.23. The number of ether oxygens (including phenoxy) is 1. The second-order valence-corrected chi connectivity index (χ2v) is 3.60. The number of hydrogen-bond donors (Lipinski definition) is 1. The molecule has 0 bridgehead atoms. The number of rotatable bonds is 2. The third kappa shape index (κ3) is 1.75. The Bertz CT molecular complexity index is 303. The molecule has 0 atom stereocenters. The summed E-state index contributed by atoms with van der Waals surface area (Å²) in [6.07, 6.45) is 2.91. The average Bonchev–Trinajstić information content (AvgIpc) is 2.61. The summed E-state index contributed by atoms with van der Waals surface area (Å²) < 4.78 is 10.7. The van der Waals surface area contributed by atoms with E-state index in [-0.39, 0.29) is 0 Å². The first-order valence-electron chi connectivity index (χ1n) is 5.14. The first kappa shape index (κ1) is 9.52. The number of oxazole rings is 1. The molecule has 78 valence electrons. The Morgan fingerprint density at radius 1 is 1.43 bits per heavy atom. The molecule has 0 radical (unpaired) electrons. The van der Waals surface area contributed by atoms with Gasteiger partial charge in [-0.25, -0.2) is 0 Å². The highest BCUT2D eigenvalue weighted by atomic mass is 16.5. The van der Waals surface area contributed by atoms with Crippen molar-refractivity contribution in [1.82, 2.24) is 4.98 Å². The molecule has 0 saturated carbocycles. The molecule has 0 amide bonds. The summed E-state index contributed by atoms with van der Waals surface area (Å²) >= 11 is 0. The molecular formula is C10H16N2O2. The molecule has 0 spiro atoms. The number of nitrogens with two attached hydrogens (primary N) is 1. The lowest BCUT2D eigenvalue weighted by atomic mass is 9.95. The predicted octanol–water partition coefficient (Wildman–Crippen LogP) is 1.71. The maximum atomic E-state index is 5.55. The monoisotopic (exact) mass is 196 g/mol. The van der Waals surface area contributed by atoms with Gasteiger partial charge in [0.25, 0.3) is 6.01 Å². The molecule has 1 aliphatic rings. The molecule has 4 nitrogen and oxygen atoms in total. The van der Waals surface area contributed by atoms with Crippen molar-refractivity contribution in [2.75, 3.05) is 18.9 Å². The van der Waals surface area contributed by atoms with Crippen molar-refractivity contribution in [2.24, 2.45) is 0 Å². The Hall–Kier alpha value is -1.03. The second-order valence-electron chi connectivity index (χ2n) is 3.60. The molecule has 0 aromatic carbocycles. The van der Waals surface area contributed by atoms with Crippen molar-refractivity contribution >= 4 is 6.01 Å². The van der Waals surface area contributed by atoms with Crippen LogP contribution in [0.25, 0.3) is 0 Å². The van der Waals surface area contributed by atoms with Gasteiger partial charge in [-0.2, -0.15) is 4.98 Å². The molecule has 1 aromatic rings. The van der Waals surface area contributed by atoms with Crippen molar-refractivity contribution in [3.05, 3.63) is 11.5 Å². The molecule has 2 rings (SSSR count). The standard InChI is InChI=1S/C10H16N2O2/c1-2-8-9(12-10(11)14-8)7-3-5-13-6-4-7/h7H,2-6H2,1H3,(H2,11,12). The van der Waals surface area contributed by atoms with E-state index in [2.05, 4.69) is 11.9 Å². The minimum atomic E-state index is 0.295. The van der Waals surface area contributed by atoms with E-state index in [0.717, 1.165) is 43.9 Å². The van der Waals surface area contributed by atoms with E-state index in [1.54, 1.807) is 0 Å². The van der Waals surface area contributed by atoms with Gasteiger partial charge in [0.15, 0.2) is 0 Å². The SMILES string of the molecule is CCc1oc(N)nc1C1CCOCC1. The summed E-state index contributed by atoms with van der Waals surface area (Å²) in [6.45, 7) is 3.70. The third-order valence-electron chi connectivity index (χ3n) is 2.67. The normalized spacial score (nSPS) is 18.6. The van der Waals surface area contributed by atoms with Crippen molar-refractivity contribution < 1.29 is 9.15 Å². The molecule has 2 heterocycles. The van der Waals surface area contributed by atoms with Crippen LogP contribution in [0.4, 0.5) is 6.01 Å². The van der Waals surface area contributed by atoms with Gasteiger partial charge in [-0.3, -0.25) is 0 Å². The van der Waals surface area contributed by atoms with Gasteiger partial charge < -0.3 is 14.9 Å². The summed E-state index contributed by atoms with van der Waals surface area (Å²) in [5, 5.41) is 0. The Balaban J connectivity index is 2.20. The fourth-order valence-corrected chi connectivity index (χ4v) is 1.93. The number of nitrogen functional groups attached to an aromatic ring is 1. The largest absolute Gasteiger partial charge is 0.429 e. The lowest BCUT2D eigenvalue weighted by Crippen LogP contribution is -2.15. The molecule has 14 heavy (non-hydrogen) atoms. The quantitative estimate of drug-likeness (QED) is 0.782. The van der Waals surface area contributed by atoms with Gasteiger partial charge in [0.1, 0.15) is 5.76 Å². The highest BCUT2D eigenvalue weighted by Gasteiger charge is 2.22. The number of aromatic nitrogens is 1. The fourth-order valence-electron chi connectivity index (χ4n) is 1.93. The first-order valence-corrected chi connectivity index (χ1v) is 5.14. The Morgan fingerprint density at radius 3 is 2.79 bits per heavy atom. The maximum absolute atomic E-state index is 5.55. The average molecular weight is 196 g/mol. The lowest BCUT2D eigenvalue weighted by molar-refractivity contribution is 0.0842. The molecular weight excluding hydrogens is 180 g/mol. The van der Waals surface area contributed by atoms with Crippen molar-refractivity contribution in [3.63, 3.8) is 0 Å². The zero-order valence-corrected chi connectivity index (χ0v) is 8.45. The number of nitrogens with zero attached hydrogens (tertiary/aromatic N) is 1. The van der Waals surface area contributed by atoms with E-state index in [0.29, 0.717) is 11.9 Å². The van der Waals surface area contributed by atoms with Crippen molar-refractivity contribution in [1.29, 1.82) is 0 Å². The Labute approximate surface area is 83.4 Å². The van der Waals surface area contributed by atoms with Crippen LogP contribution in [0.5, 0.6) is 0 Å².